The fourth-order valence-electron chi connectivity index (χ4n) is 2.51. The standard InChI is InChI=1S/C14H21NO/c1-11-7-12(2)9-14(8-11)15-5-3-13(10-16)4-6-15/h7-9,13,16H,3-6,10H2,1-2H3. The first-order chi connectivity index (χ1) is 7.69. The predicted octanol–water partition coefficient (Wildman–Crippen LogP) is 2.51. The van der Waals surface area contributed by atoms with E-state index in [-0.39, 0.29) is 0 Å². The number of hydrogen-bond donors (Lipinski definition) is 1. The van der Waals surface area contributed by atoms with Crippen LogP contribution in [0.1, 0.15) is 24.0 Å². The van der Waals surface area contributed by atoms with Gasteiger partial charge in [0.1, 0.15) is 0 Å². The SMILES string of the molecule is Cc1cc(C)cc(N2CCC(CO)CC2)c1. The van der Waals surface area contributed by atoms with Gasteiger partial charge in [-0.2, -0.15) is 0 Å². The van der Waals surface area contributed by atoms with Crippen molar-refractivity contribution in [2.24, 2.45) is 5.92 Å². The van der Waals surface area contributed by atoms with Crippen molar-refractivity contribution in [1.29, 1.82) is 0 Å². The smallest absolute Gasteiger partial charge is 0.0460 e. The Labute approximate surface area is 97.9 Å². The molecule has 0 unspecified atom stereocenters. The second kappa shape index (κ2) is 4.88. The van der Waals surface area contributed by atoms with Crippen molar-refractivity contribution in [1.82, 2.24) is 0 Å². The van der Waals surface area contributed by atoms with Crippen molar-refractivity contribution < 1.29 is 5.11 Å². The summed E-state index contributed by atoms with van der Waals surface area (Å²) in [4.78, 5) is 2.44. The van der Waals surface area contributed by atoms with E-state index in [1.807, 2.05) is 0 Å². The van der Waals surface area contributed by atoms with Crippen LogP contribution in [0.5, 0.6) is 0 Å². The number of anilines is 1. The van der Waals surface area contributed by atoms with Crippen LogP contribution in [0.25, 0.3) is 0 Å². The van der Waals surface area contributed by atoms with Gasteiger partial charge >= 0.3 is 0 Å². The number of aryl methyl sites for hydroxylation is 2. The van der Waals surface area contributed by atoms with Crippen LogP contribution in [0.3, 0.4) is 0 Å². The summed E-state index contributed by atoms with van der Waals surface area (Å²) in [7, 11) is 0. The summed E-state index contributed by atoms with van der Waals surface area (Å²) < 4.78 is 0. The monoisotopic (exact) mass is 219 g/mol. The fourth-order valence-corrected chi connectivity index (χ4v) is 2.51. The lowest BCUT2D eigenvalue weighted by Gasteiger charge is -2.33. The molecule has 0 bridgehead atoms. The lowest BCUT2D eigenvalue weighted by molar-refractivity contribution is 0.203. The molecule has 0 saturated carbocycles. The molecule has 1 fully saturated rings. The normalized spacial score (nSPS) is 17.8. The molecule has 1 saturated heterocycles. The van der Waals surface area contributed by atoms with Crippen LogP contribution in [0, 0.1) is 19.8 Å². The molecular formula is C14H21NO. The summed E-state index contributed by atoms with van der Waals surface area (Å²) >= 11 is 0. The number of rotatable bonds is 2. The number of aliphatic hydroxyl groups is 1. The summed E-state index contributed by atoms with van der Waals surface area (Å²) in [5.74, 6) is 0.516. The summed E-state index contributed by atoms with van der Waals surface area (Å²) in [5, 5.41) is 9.12. The Kier molecular flexibility index (Phi) is 3.49. The number of hydrogen-bond acceptors (Lipinski definition) is 2. The molecule has 0 atom stereocenters. The van der Waals surface area contributed by atoms with Crippen molar-refractivity contribution in [3.8, 4) is 0 Å². The predicted molar refractivity (Wildman–Crippen MR) is 67.9 cm³/mol. The quantitative estimate of drug-likeness (QED) is 0.826. The van der Waals surface area contributed by atoms with E-state index in [9.17, 15) is 0 Å². The van der Waals surface area contributed by atoms with E-state index in [1.165, 1.54) is 16.8 Å². The van der Waals surface area contributed by atoms with Crippen LogP contribution < -0.4 is 4.90 Å². The Bertz CT molecular complexity index is 334. The molecule has 1 aromatic carbocycles. The lowest BCUT2D eigenvalue weighted by Crippen LogP contribution is -2.34. The third kappa shape index (κ3) is 2.56. The minimum atomic E-state index is 0.348. The molecule has 16 heavy (non-hydrogen) atoms. The lowest BCUT2D eigenvalue weighted by atomic mass is 9.97. The van der Waals surface area contributed by atoms with E-state index in [1.54, 1.807) is 0 Å². The van der Waals surface area contributed by atoms with E-state index in [4.69, 9.17) is 5.11 Å². The van der Waals surface area contributed by atoms with Gasteiger partial charge in [0.2, 0.25) is 0 Å². The van der Waals surface area contributed by atoms with Crippen molar-refractivity contribution in [3.63, 3.8) is 0 Å². The zero-order valence-electron chi connectivity index (χ0n) is 10.2. The zero-order valence-corrected chi connectivity index (χ0v) is 10.2. The van der Waals surface area contributed by atoms with E-state index in [0.717, 1.165) is 25.9 Å². The number of benzene rings is 1. The van der Waals surface area contributed by atoms with Crippen LogP contribution in [-0.4, -0.2) is 24.8 Å². The molecule has 88 valence electrons. The molecule has 0 amide bonds. The number of nitrogens with zero attached hydrogens (tertiary/aromatic N) is 1. The van der Waals surface area contributed by atoms with Gasteiger partial charge in [-0.1, -0.05) is 6.07 Å². The molecular weight excluding hydrogens is 198 g/mol. The van der Waals surface area contributed by atoms with Crippen LogP contribution >= 0.6 is 0 Å². The van der Waals surface area contributed by atoms with Crippen molar-refractivity contribution in [2.75, 3.05) is 24.6 Å². The van der Waals surface area contributed by atoms with Crippen LogP contribution in [0.15, 0.2) is 18.2 Å². The molecule has 2 nitrogen and oxygen atoms in total. The average Bonchev–Trinajstić information content (AvgIpc) is 2.28. The number of aliphatic hydroxyl groups excluding tert-OH is 1. The average molecular weight is 219 g/mol. The first-order valence-electron chi connectivity index (χ1n) is 6.13. The van der Waals surface area contributed by atoms with Gasteiger partial charge in [-0.25, -0.2) is 0 Å². The van der Waals surface area contributed by atoms with Gasteiger partial charge in [0.25, 0.3) is 0 Å². The van der Waals surface area contributed by atoms with Gasteiger partial charge in [-0.05, 0) is 55.9 Å². The molecule has 1 N–H and O–H groups in total. The van der Waals surface area contributed by atoms with Crippen LogP contribution in [0.4, 0.5) is 5.69 Å². The van der Waals surface area contributed by atoms with Gasteiger partial charge in [-0.3, -0.25) is 0 Å². The molecule has 1 aliphatic heterocycles. The van der Waals surface area contributed by atoms with Gasteiger partial charge in [0.15, 0.2) is 0 Å². The van der Waals surface area contributed by atoms with E-state index < -0.39 is 0 Å². The van der Waals surface area contributed by atoms with Crippen molar-refractivity contribution >= 4 is 5.69 Å². The fraction of sp³-hybridized carbons (Fsp3) is 0.571. The van der Waals surface area contributed by atoms with Gasteiger partial charge in [0.05, 0.1) is 0 Å². The molecule has 2 heteroatoms. The minimum Gasteiger partial charge on any atom is -0.396 e. The summed E-state index contributed by atoms with van der Waals surface area (Å²) in [5.41, 5.74) is 4.01. The highest BCUT2D eigenvalue weighted by Gasteiger charge is 2.18. The molecule has 0 aromatic heterocycles. The van der Waals surface area contributed by atoms with Crippen molar-refractivity contribution in [3.05, 3.63) is 29.3 Å². The van der Waals surface area contributed by atoms with Crippen LogP contribution in [0.2, 0.25) is 0 Å². The third-order valence-corrected chi connectivity index (χ3v) is 3.44. The Morgan fingerprint density at radius 3 is 2.19 bits per heavy atom. The maximum atomic E-state index is 9.12. The highest BCUT2D eigenvalue weighted by atomic mass is 16.3. The molecule has 0 spiro atoms. The summed E-state index contributed by atoms with van der Waals surface area (Å²) in [6, 6.07) is 6.72. The Hall–Kier alpha value is -1.02. The molecule has 1 heterocycles. The highest BCUT2D eigenvalue weighted by Crippen LogP contribution is 2.24. The topological polar surface area (TPSA) is 23.5 Å². The van der Waals surface area contributed by atoms with Crippen LogP contribution in [-0.2, 0) is 0 Å². The first-order valence-corrected chi connectivity index (χ1v) is 6.13. The maximum Gasteiger partial charge on any atom is 0.0460 e. The first kappa shape index (κ1) is 11.5. The third-order valence-electron chi connectivity index (χ3n) is 3.44. The van der Waals surface area contributed by atoms with E-state index in [0.29, 0.717) is 12.5 Å². The zero-order chi connectivity index (χ0) is 11.5. The molecule has 2 rings (SSSR count). The molecule has 0 radical (unpaired) electrons. The Morgan fingerprint density at radius 1 is 1.12 bits per heavy atom. The summed E-state index contributed by atoms with van der Waals surface area (Å²) in [6.45, 7) is 6.80. The molecule has 1 aliphatic rings. The largest absolute Gasteiger partial charge is 0.396 e. The Balaban J connectivity index is 2.08. The van der Waals surface area contributed by atoms with Gasteiger partial charge in [0, 0.05) is 25.4 Å². The second-order valence-corrected chi connectivity index (χ2v) is 4.96. The summed E-state index contributed by atoms with van der Waals surface area (Å²) in [6.07, 6.45) is 2.23. The van der Waals surface area contributed by atoms with Gasteiger partial charge < -0.3 is 10.0 Å². The van der Waals surface area contributed by atoms with E-state index >= 15 is 0 Å². The van der Waals surface area contributed by atoms with E-state index in [2.05, 4.69) is 36.9 Å². The van der Waals surface area contributed by atoms with Gasteiger partial charge in [-0.15, -0.1) is 0 Å². The molecule has 0 aliphatic carbocycles. The highest BCUT2D eigenvalue weighted by molar-refractivity contribution is 5.51. The number of piperidine rings is 1. The van der Waals surface area contributed by atoms with Crippen molar-refractivity contribution in [2.45, 2.75) is 26.7 Å². The minimum absolute atomic E-state index is 0.348. The molecule has 1 aromatic rings. The second-order valence-electron chi connectivity index (χ2n) is 4.96. The Morgan fingerprint density at radius 2 is 1.69 bits per heavy atom. The maximum absolute atomic E-state index is 9.12.